The van der Waals surface area contributed by atoms with Crippen LogP contribution in [0.4, 0.5) is 0 Å². The molecule has 4 aliphatic carbocycles. The lowest BCUT2D eigenvalue weighted by Gasteiger charge is -2.62. The average molecular weight is 208 g/mol. The highest BCUT2D eigenvalue weighted by molar-refractivity contribution is 5.05. The van der Waals surface area contributed by atoms with Crippen LogP contribution in [0.15, 0.2) is 0 Å². The summed E-state index contributed by atoms with van der Waals surface area (Å²) in [6.45, 7) is 2.59. The van der Waals surface area contributed by atoms with Gasteiger partial charge < -0.3 is 4.48 Å². The summed E-state index contributed by atoms with van der Waals surface area (Å²) in [4.78, 5) is 0. The van der Waals surface area contributed by atoms with Gasteiger partial charge >= 0.3 is 0 Å². The summed E-state index contributed by atoms with van der Waals surface area (Å²) in [7, 11) is 7.24. The summed E-state index contributed by atoms with van der Waals surface area (Å²) >= 11 is 0. The molecule has 3 atom stereocenters. The Morgan fingerprint density at radius 3 is 1.87 bits per heavy atom. The lowest BCUT2D eigenvalue weighted by Crippen LogP contribution is -2.65. The average Bonchev–Trinajstić information content (AvgIpc) is 1.94. The van der Waals surface area contributed by atoms with E-state index in [4.69, 9.17) is 0 Å². The van der Waals surface area contributed by atoms with Crippen LogP contribution in [0.2, 0.25) is 0 Å². The third kappa shape index (κ3) is 1.39. The second kappa shape index (κ2) is 2.80. The molecule has 4 aliphatic rings. The number of hydrogen-bond acceptors (Lipinski definition) is 0. The minimum atomic E-state index is 0.674. The molecule has 0 aliphatic heterocycles. The van der Waals surface area contributed by atoms with Crippen molar-refractivity contribution in [2.45, 2.75) is 45.1 Å². The van der Waals surface area contributed by atoms with Gasteiger partial charge in [-0.2, -0.15) is 0 Å². The molecule has 0 heterocycles. The molecule has 4 saturated carbocycles. The summed E-state index contributed by atoms with van der Waals surface area (Å²) in [5.74, 6) is 3.23. The molecule has 3 unspecified atom stereocenters. The highest BCUT2D eigenvalue weighted by Crippen LogP contribution is 2.61. The first-order valence-electron chi connectivity index (χ1n) is 6.69. The lowest BCUT2D eigenvalue weighted by atomic mass is 9.47. The maximum absolute atomic E-state index is 2.59. The maximum Gasteiger partial charge on any atom is 0.0967 e. The lowest BCUT2D eigenvalue weighted by molar-refractivity contribution is -0.911. The Kier molecular flexibility index (Phi) is 1.89. The van der Waals surface area contributed by atoms with Gasteiger partial charge in [0.1, 0.15) is 0 Å². The Morgan fingerprint density at radius 2 is 1.47 bits per heavy atom. The predicted octanol–water partition coefficient (Wildman–Crippen LogP) is 2.91. The van der Waals surface area contributed by atoms with Gasteiger partial charge in [0.15, 0.2) is 0 Å². The number of quaternary nitrogens is 1. The third-order valence-corrected chi connectivity index (χ3v) is 5.44. The second-order valence-electron chi connectivity index (χ2n) is 7.82. The normalized spacial score (nSPS) is 53.6. The van der Waals surface area contributed by atoms with Crippen LogP contribution in [-0.2, 0) is 0 Å². The van der Waals surface area contributed by atoms with Crippen molar-refractivity contribution in [1.29, 1.82) is 0 Å². The Morgan fingerprint density at radius 1 is 0.933 bits per heavy atom. The first kappa shape index (κ1) is 10.1. The molecule has 4 fully saturated rings. The SMILES string of the molecule is CC12CC3CC(CC(C3)C1[N+](C)(C)C)C2. The molecule has 0 N–H and O–H groups in total. The van der Waals surface area contributed by atoms with Crippen molar-refractivity contribution in [2.75, 3.05) is 21.1 Å². The molecule has 15 heavy (non-hydrogen) atoms. The summed E-state index contributed by atoms with van der Waals surface area (Å²) in [5, 5.41) is 0. The largest absolute Gasteiger partial charge is 0.328 e. The molecule has 1 heteroatoms. The highest BCUT2D eigenvalue weighted by Gasteiger charge is 2.59. The Bertz CT molecular complexity index is 262. The van der Waals surface area contributed by atoms with Gasteiger partial charge in [-0.3, -0.25) is 0 Å². The van der Waals surface area contributed by atoms with E-state index >= 15 is 0 Å². The Hall–Kier alpha value is -0.0400. The van der Waals surface area contributed by atoms with E-state index < -0.39 is 0 Å². The van der Waals surface area contributed by atoms with E-state index in [-0.39, 0.29) is 0 Å². The van der Waals surface area contributed by atoms with Crippen molar-refractivity contribution in [3.05, 3.63) is 0 Å². The zero-order valence-corrected chi connectivity index (χ0v) is 10.8. The van der Waals surface area contributed by atoms with Gasteiger partial charge in [-0.05, 0) is 43.9 Å². The predicted molar refractivity (Wildman–Crippen MR) is 63.5 cm³/mol. The number of nitrogens with zero attached hydrogens (tertiary/aromatic N) is 1. The number of rotatable bonds is 1. The van der Waals surface area contributed by atoms with Crippen LogP contribution in [0, 0.1) is 23.2 Å². The zero-order chi connectivity index (χ0) is 10.8. The molecule has 0 aromatic carbocycles. The van der Waals surface area contributed by atoms with Crippen molar-refractivity contribution >= 4 is 0 Å². The van der Waals surface area contributed by atoms with E-state index in [1.807, 2.05) is 0 Å². The fourth-order valence-corrected chi connectivity index (χ4v) is 5.99. The molecule has 1 nitrogen and oxygen atoms in total. The van der Waals surface area contributed by atoms with Crippen molar-refractivity contribution in [3.63, 3.8) is 0 Å². The van der Waals surface area contributed by atoms with Gasteiger partial charge in [0.05, 0.1) is 27.2 Å². The van der Waals surface area contributed by atoms with Gasteiger partial charge in [0, 0.05) is 11.3 Å². The standard InChI is InChI=1S/C14H26N/c1-14-8-10-5-11(9-14)7-12(6-10)13(14)15(2,3)4/h10-13H,5-9H2,1-4H3/q+1. The van der Waals surface area contributed by atoms with Crippen LogP contribution in [0.5, 0.6) is 0 Å². The summed E-state index contributed by atoms with van der Waals surface area (Å²) < 4.78 is 1.20. The molecule has 4 bridgehead atoms. The van der Waals surface area contributed by atoms with E-state index in [2.05, 4.69) is 28.1 Å². The molecular formula is C14H26N+. The molecule has 0 aromatic heterocycles. The summed E-state index contributed by atoms with van der Waals surface area (Å²) in [6.07, 6.45) is 7.72. The van der Waals surface area contributed by atoms with E-state index in [1.165, 1.54) is 17.3 Å². The van der Waals surface area contributed by atoms with Crippen LogP contribution in [0.1, 0.15) is 39.0 Å². The summed E-state index contributed by atoms with van der Waals surface area (Å²) in [6, 6.07) is 0.935. The molecule has 0 aromatic rings. The van der Waals surface area contributed by atoms with E-state index in [9.17, 15) is 0 Å². The molecule has 4 rings (SSSR count). The molecule has 86 valence electrons. The van der Waals surface area contributed by atoms with E-state index in [0.717, 1.165) is 23.8 Å². The van der Waals surface area contributed by atoms with E-state index in [1.54, 1.807) is 19.3 Å². The van der Waals surface area contributed by atoms with Gasteiger partial charge in [0.2, 0.25) is 0 Å². The van der Waals surface area contributed by atoms with Crippen LogP contribution in [-0.4, -0.2) is 31.7 Å². The minimum Gasteiger partial charge on any atom is -0.328 e. The molecule has 0 spiro atoms. The van der Waals surface area contributed by atoms with Gasteiger partial charge in [-0.25, -0.2) is 0 Å². The molecule has 0 amide bonds. The van der Waals surface area contributed by atoms with Crippen LogP contribution >= 0.6 is 0 Å². The zero-order valence-electron chi connectivity index (χ0n) is 10.8. The van der Waals surface area contributed by atoms with Gasteiger partial charge in [0.25, 0.3) is 0 Å². The van der Waals surface area contributed by atoms with Crippen molar-refractivity contribution in [3.8, 4) is 0 Å². The van der Waals surface area contributed by atoms with Crippen LogP contribution in [0.3, 0.4) is 0 Å². The van der Waals surface area contributed by atoms with Gasteiger partial charge in [-0.1, -0.05) is 6.92 Å². The fraction of sp³-hybridized carbons (Fsp3) is 1.00. The minimum absolute atomic E-state index is 0.674. The van der Waals surface area contributed by atoms with E-state index in [0.29, 0.717) is 5.41 Å². The Balaban J connectivity index is 1.96. The fourth-order valence-electron chi connectivity index (χ4n) is 5.99. The van der Waals surface area contributed by atoms with Crippen molar-refractivity contribution in [1.82, 2.24) is 0 Å². The second-order valence-corrected chi connectivity index (χ2v) is 7.82. The summed E-state index contributed by atoms with van der Waals surface area (Å²) in [5.41, 5.74) is 0.674. The first-order valence-corrected chi connectivity index (χ1v) is 6.69. The number of hydrogen-bond donors (Lipinski definition) is 0. The first-order chi connectivity index (χ1) is 6.88. The van der Waals surface area contributed by atoms with Crippen molar-refractivity contribution in [2.24, 2.45) is 23.2 Å². The molecular weight excluding hydrogens is 182 g/mol. The van der Waals surface area contributed by atoms with Crippen LogP contribution in [0.25, 0.3) is 0 Å². The molecule has 0 radical (unpaired) electrons. The topological polar surface area (TPSA) is 0 Å². The smallest absolute Gasteiger partial charge is 0.0967 e. The van der Waals surface area contributed by atoms with Crippen molar-refractivity contribution < 1.29 is 4.48 Å². The monoisotopic (exact) mass is 208 g/mol. The molecule has 0 saturated heterocycles. The quantitative estimate of drug-likeness (QED) is 0.581. The maximum atomic E-state index is 2.59. The Labute approximate surface area is 94.4 Å². The third-order valence-electron chi connectivity index (χ3n) is 5.44. The van der Waals surface area contributed by atoms with Crippen LogP contribution < -0.4 is 0 Å². The highest BCUT2D eigenvalue weighted by atomic mass is 15.3. The van der Waals surface area contributed by atoms with Gasteiger partial charge in [-0.15, -0.1) is 0 Å².